The Hall–Kier alpha value is -6.82. The van der Waals surface area contributed by atoms with Crippen molar-refractivity contribution in [2.45, 2.75) is 116 Å². The van der Waals surface area contributed by atoms with E-state index in [-0.39, 0.29) is 95.1 Å². The maximum absolute atomic E-state index is 14.1. The van der Waals surface area contributed by atoms with Crippen LogP contribution in [0.25, 0.3) is 54.1 Å². The highest BCUT2D eigenvalue weighted by atomic mass is 32.1. The fourth-order valence-corrected chi connectivity index (χ4v) is 13.7. The van der Waals surface area contributed by atoms with Gasteiger partial charge in [0.25, 0.3) is 5.91 Å². The predicted octanol–water partition coefficient (Wildman–Crippen LogP) is 6.68. The van der Waals surface area contributed by atoms with Crippen molar-refractivity contribution < 1.29 is 57.5 Å². The summed E-state index contributed by atoms with van der Waals surface area (Å²) in [5.74, 6) is -1.36. The first kappa shape index (κ1) is 58.0. The number of para-hydroxylation sites is 2. The molecule has 4 aliphatic heterocycles. The molecule has 11 rings (SSSR count). The highest BCUT2D eigenvalue weighted by Crippen LogP contribution is 2.54. The van der Waals surface area contributed by atoms with Crippen LogP contribution >= 0.6 is 11.3 Å². The van der Waals surface area contributed by atoms with Gasteiger partial charge in [0, 0.05) is 74.6 Å². The first-order valence-electron chi connectivity index (χ1n) is 28.6. The Labute approximate surface area is 485 Å². The third-order valence-corrected chi connectivity index (χ3v) is 17.8. The van der Waals surface area contributed by atoms with Gasteiger partial charge in [0.1, 0.15) is 24.4 Å². The largest absolute Gasteiger partial charge is 0.391 e. The standard InChI is InChI=1S/C62H74N8O12S/c1-36-55(83-35-65-36)38-18-16-37(17-19-38)32-63-58(74)46-30-39(71)34-68(46)60(76)56(61(2,3)4)66-47(72)20-22-78-24-26-80-28-29-81-27-25-79-23-21-48(73)67(6)45-31-49-69-43-14-10-8-12-40(43)51-52-42(33-64-59(52)75)50-41-13-9-11-15-44(41)70(54(50)53(51)69)62(5,82-49)57(45)77-7/h8-19,35,39,45-46,49,56-57,71H,20-34H2,1-7H3,(H,63,74)(H,64,75)(H,66,72)/t39-,45-,46+,49-,56-,57-,62+/m1/s1. The number of fused-ring (bicyclic) bond motifs is 13. The molecule has 7 heterocycles. The van der Waals surface area contributed by atoms with Gasteiger partial charge in [-0.1, -0.05) is 81.4 Å². The van der Waals surface area contributed by atoms with Crippen molar-refractivity contribution in [3.8, 4) is 10.4 Å². The quantitative estimate of drug-likeness (QED) is 0.0491. The number of carbonyl (C=O) groups excluding carboxylic acids is 5. The van der Waals surface area contributed by atoms with E-state index in [0.717, 1.165) is 70.9 Å². The second-order valence-corrected chi connectivity index (χ2v) is 24.1. The van der Waals surface area contributed by atoms with Gasteiger partial charge in [-0.2, -0.15) is 0 Å². The van der Waals surface area contributed by atoms with Crippen LogP contribution in [0.2, 0.25) is 0 Å². The zero-order chi connectivity index (χ0) is 58.3. The Morgan fingerprint density at radius 3 is 2.16 bits per heavy atom. The van der Waals surface area contributed by atoms with Crippen molar-refractivity contribution in [1.82, 2.24) is 39.9 Å². The van der Waals surface area contributed by atoms with Gasteiger partial charge >= 0.3 is 0 Å². The van der Waals surface area contributed by atoms with E-state index in [1.807, 2.05) is 88.8 Å². The average molecular weight is 1160 g/mol. The van der Waals surface area contributed by atoms with Crippen molar-refractivity contribution in [2.24, 2.45) is 5.41 Å². The van der Waals surface area contributed by atoms with E-state index in [1.165, 1.54) is 4.90 Å². The molecule has 440 valence electrons. The van der Waals surface area contributed by atoms with E-state index in [1.54, 1.807) is 23.3 Å². The first-order valence-corrected chi connectivity index (χ1v) is 29.5. The summed E-state index contributed by atoms with van der Waals surface area (Å²) in [6.45, 7) is 12.3. The summed E-state index contributed by atoms with van der Waals surface area (Å²) in [5.41, 5.74) is 8.48. The van der Waals surface area contributed by atoms with E-state index >= 15 is 0 Å². The Balaban J connectivity index is 0.596. The summed E-state index contributed by atoms with van der Waals surface area (Å²) in [4.78, 5) is 77.1. The Morgan fingerprint density at radius 1 is 0.867 bits per heavy atom. The second-order valence-electron chi connectivity index (χ2n) is 23.2. The lowest BCUT2D eigenvalue weighted by Gasteiger charge is -2.50. The number of ether oxygens (including phenoxy) is 6. The van der Waals surface area contributed by atoms with E-state index in [0.29, 0.717) is 38.3 Å². The number of benzene rings is 4. The lowest BCUT2D eigenvalue weighted by molar-refractivity contribution is -0.266. The minimum Gasteiger partial charge on any atom is -0.391 e. The van der Waals surface area contributed by atoms with Crippen LogP contribution in [0, 0.1) is 12.3 Å². The summed E-state index contributed by atoms with van der Waals surface area (Å²) >= 11 is 1.57. The van der Waals surface area contributed by atoms with Gasteiger partial charge in [-0.05, 0) is 48.1 Å². The lowest BCUT2D eigenvalue weighted by atomic mass is 9.85. The van der Waals surface area contributed by atoms with Crippen LogP contribution in [0.4, 0.5) is 0 Å². The van der Waals surface area contributed by atoms with Crippen LogP contribution in [-0.2, 0) is 66.4 Å². The van der Waals surface area contributed by atoms with E-state index < -0.39 is 47.6 Å². The van der Waals surface area contributed by atoms with Crippen LogP contribution in [-0.4, -0.2) is 162 Å². The monoisotopic (exact) mass is 1150 g/mol. The maximum atomic E-state index is 14.1. The molecule has 3 aromatic heterocycles. The molecule has 0 saturated carbocycles. The number of aryl methyl sites for hydroxylation is 1. The molecule has 4 N–H and O–H groups in total. The van der Waals surface area contributed by atoms with Crippen LogP contribution in [0.1, 0.15) is 86.8 Å². The molecule has 7 atom stereocenters. The summed E-state index contributed by atoms with van der Waals surface area (Å²) in [7, 11) is 3.50. The normalized spacial score (nSPS) is 21.5. The zero-order valence-corrected chi connectivity index (χ0v) is 49.0. The van der Waals surface area contributed by atoms with Crippen molar-refractivity contribution in [2.75, 3.05) is 73.6 Å². The van der Waals surface area contributed by atoms with Gasteiger partial charge in [-0.15, -0.1) is 11.3 Å². The molecule has 2 fully saturated rings. The minimum atomic E-state index is -1.06. The topological polar surface area (TPSA) is 226 Å². The number of hydrogen-bond donors (Lipinski definition) is 4. The number of likely N-dealkylation sites (N-methyl/N-ethyl adjacent to an activating group) is 1. The van der Waals surface area contributed by atoms with Crippen LogP contribution in [0.5, 0.6) is 0 Å². The van der Waals surface area contributed by atoms with Gasteiger partial charge in [0.2, 0.25) is 23.6 Å². The van der Waals surface area contributed by atoms with Gasteiger partial charge in [-0.25, -0.2) is 4.98 Å². The number of methoxy groups -OCH3 is 1. The SMILES string of the molecule is CO[C@@H]1[C@H](N(C)C(=O)CCOCCOCCOCCOCCC(=O)N[C@H](C(=O)N2C[C@H](O)C[C@H]2C(=O)NCc2ccc(-c3scnc3C)cc2)C(C)(C)C)C[C@H]2O[C@]1(C)n1c3ccccc3c3c4c(c5c6ccccc6n2c5c31)C(=O)NC4. The Bertz CT molecular complexity index is 3590. The zero-order valence-electron chi connectivity index (χ0n) is 48.2. The van der Waals surface area contributed by atoms with E-state index in [2.05, 4.69) is 61.3 Å². The van der Waals surface area contributed by atoms with Crippen molar-refractivity contribution >= 4 is 84.5 Å². The molecule has 83 heavy (non-hydrogen) atoms. The summed E-state index contributed by atoms with van der Waals surface area (Å²) < 4.78 is 41.1. The molecule has 4 aliphatic rings. The lowest BCUT2D eigenvalue weighted by Crippen LogP contribution is -2.61. The van der Waals surface area contributed by atoms with Gasteiger partial charge in [-0.3, -0.25) is 24.0 Å². The number of β-amino-alcohol motifs (C(OH)–C–C–N with tert-alkyl or cyclic N) is 1. The molecule has 0 aliphatic carbocycles. The average Bonchev–Trinajstić information content (AvgIpc) is 1.55. The highest BCUT2D eigenvalue weighted by Gasteiger charge is 2.55. The predicted molar refractivity (Wildman–Crippen MR) is 314 cm³/mol. The van der Waals surface area contributed by atoms with Gasteiger partial charge < -0.3 is 68.4 Å². The molecule has 0 unspecified atom stereocenters. The number of rotatable bonds is 23. The summed E-state index contributed by atoms with van der Waals surface area (Å²) in [6, 6.07) is 22.1. The highest BCUT2D eigenvalue weighted by molar-refractivity contribution is 7.13. The van der Waals surface area contributed by atoms with Crippen LogP contribution in [0.3, 0.4) is 0 Å². The van der Waals surface area contributed by atoms with Gasteiger partial charge in [0.15, 0.2) is 5.72 Å². The molecule has 5 amide bonds. The molecule has 0 radical (unpaired) electrons. The van der Waals surface area contributed by atoms with Crippen LogP contribution in [0.15, 0.2) is 78.3 Å². The Morgan fingerprint density at radius 2 is 1.51 bits per heavy atom. The number of nitrogens with one attached hydrogen (secondary N) is 3. The minimum absolute atomic E-state index is 0.00534. The van der Waals surface area contributed by atoms with Crippen molar-refractivity contribution in [1.29, 1.82) is 0 Å². The molecule has 2 saturated heterocycles. The van der Waals surface area contributed by atoms with Gasteiger partial charge in [0.05, 0.1) is 115 Å². The molecular formula is C62H74N8O12S. The number of hydrogen-bond acceptors (Lipinski definition) is 14. The number of likely N-dealkylation sites (tertiary alicyclic amines) is 1. The number of thiazole rings is 1. The molecule has 4 aromatic carbocycles. The molecule has 0 spiro atoms. The summed E-state index contributed by atoms with van der Waals surface area (Å²) in [6.07, 6.45) is -1.24. The third-order valence-electron chi connectivity index (χ3n) is 16.8. The third kappa shape index (κ3) is 11.0. The van der Waals surface area contributed by atoms with Crippen LogP contribution < -0.4 is 16.0 Å². The number of aliphatic hydroxyl groups excluding tert-OH is 1. The number of carbonyl (C=O) groups is 5. The summed E-state index contributed by atoms with van der Waals surface area (Å²) in [5, 5.41) is 23.5. The molecule has 20 nitrogen and oxygen atoms in total. The number of nitrogens with zero attached hydrogens (tertiary/aromatic N) is 5. The Kier molecular flexibility index (Phi) is 16.8. The van der Waals surface area contributed by atoms with E-state index in [9.17, 15) is 29.1 Å². The fraction of sp³-hybridized carbons (Fsp3) is 0.484. The fourth-order valence-electron chi connectivity index (χ4n) is 12.9. The molecule has 2 bridgehead atoms. The first-order chi connectivity index (χ1) is 40.0. The number of aliphatic hydroxyl groups is 1. The molecule has 7 aromatic rings. The maximum Gasteiger partial charge on any atom is 0.252 e. The van der Waals surface area contributed by atoms with Crippen molar-refractivity contribution in [3.63, 3.8) is 0 Å². The molecular weight excluding hydrogens is 1080 g/mol. The number of aromatic nitrogens is 3. The van der Waals surface area contributed by atoms with E-state index in [4.69, 9.17) is 28.4 Å². The number of amides is 5. The molecule has 21 heteroatoms. The second kappa shape index (κ2) is 24.0. The van der Waals surface area contributed by atoms with Crippen molar-refractivity contribution in [3.05, 3.63) is 101 Å². The smallest absolute Gasteiger partial charge is 0.252 e.